The van der Waals surface area contributed by atoms with Crippen LogP contribution >= 0.6 is 0 Å². The van der Waals surface area contributed by atoms with Crippen molar-refractivity contribution in [2.24, 2.45) is 0 Å². The van der Waals surface area contributed by atoms with Gasteiger partial charge < -0.3 is 8.60 Å². The van der Waals surface area contributed by atoms with Gasteiger partial charge in [-0.2, -0.15) is 13.7 Å². The van der Waals surface area contributed by atoms with Gasteiger partial charge in [-0.3, -0.25) is 0 Å². The second kappa shape index (κ2) is 6.83. The van der Waals surface area contributed by atoms with Gasteiger partial charge in [0.2, 0.25) is 5.89 Å². The van der Waals surface area contributed by atoms with Crippen LogP contribution in [0.4, 0.5) is 0 Å². The molecule has 0 amide bonds. The highest BCUT2D eigenvalue weighted by Crippen LogP contribution is 2.34. The van der Waals surface area contributed by atoms with Gasteiger partial charge in [-0.1, -0.05) is 36.4 Å². The number of aryl methyl sites for hydroxylation is 1. The Morgan fingerprint density at radius 3 is 2.54 bits per heavy atom. The zero-order valence-electron chi connectivity index (χ0n) is 14.8. The van der Waals surface area contributed by atoms with Crippen LogP contribution in [-0.4, -0.2) is 13.4 Å². The number of fused-ring (bicyclic) bond motifs is 1. The van der Waals surface area contributed by atoms with Gasteiger partial charge in [0.05, 0.1) is 11.1 Å². The first-order chi connectivity index (χ1) is 13.5. The highest BCUT2D eigenvalue weighted by molar-refractivity contribution is 7.87. The molecule has 28 heavy (non-hydrogen) atoms. The Bertz CT molecular complexity index is 1330. The highest BCUT2D eigenvalue weighted by Gasteiger charge is 2.23. The summed E-state index contributed by atoms with van der Waals surface area (Å²) in [5.41, 5.74) is 2.66. The molecule has 138 valence electrons. The third-order valence-corrected chi connectivity index (χ3v) is 5.51. The zero-order chi connectivity index (χ0) is 19.7. The molecular formula is C21H14N2O4S. The third kappa shape index (κ3) is 3.10. The molecule has 0 spiro atoms. The number of oxazole rings is 1. The van der Waals surface area contributed by atoms with Crippen molar-refractivity contribution < 1.29 is 17.0 Å². The second-order valence-corrected chi connectivity index (χ2v) is 7.60. The van der Waals surface area contributed by atoms with Crippen molar-refractivity contribution in [1.82, 2.24) is 4.98 Å². The molecule has 0 unspecified atom stereocenters. The number of aromatic nitrogens is 1. The van der Waals surface area contributed by atoms with Gasteiger partial charge in [0.1, 0.15) is 16.5 Å². The van der Waals surface area contributed by atoms with E-state index in [1.165, 1.54) is 24.3 Å². The van der Waals surface area contributed by atoms with E-state index in [9.17, 15) is 13.7 Å². The van der Waals surface area contributed by atoms with Gasteiger partial charge in [-0.25, -0.2) is 4.98 Å². The maximum atomic E-state index is 12.8. The average Bonchev–Trinajstić information content (AvgIpc) is 3.13. The van der Waals surface area contributed by atoms with Gasteiger partial charge in [-0.15, -0.1) is 0 Å². The third-order valence-electron chi connectivity index (χ3n) is 4.21. The second-order valence-electron chi connectivity index (χ2n) is 6.08. The van der Waals surface area contributed by atoms with Crippen LogP contribution in [0, 0.1) is 18.3 Å². The molecule has 4 aromatic rings. The molecule has 3 aromatic carbocycles. The van der Waals surface area contributed by atoms with Gasteiger partial charge in [0.15, 0.2) is 11.3 Å². The summed E-state index contributed by atoms with van der Waals surface area (Å²) in [5.74, 6) is 0.322. The lowest BCUT2D eigenvalue weighted by molar-refractivity contribution is 0.485. The lowest BCUT2D eigenvalue weighted by atomic mass is 10.2. The van der Waals surface area contributed by atoms with Crippen LogP contribution in [0.5, 0.6) is 5.75 Å². The molecule has 0 radical (unpaired) electrons. The van der Waals surface area contributed by atoms with Crippen LogP contribution in [0.2, 0.25) is 0 Å². The Morgan fingerprint density at radius 1 is 1.00 bits per heavy atom. The Morgan fingerprint density at radius 2 is 1.75 bits per heavy atom. The summed E-state index contributed by atoms with van der Waals surface area (Å²) in [6.45, 7) is 1.92. The minimum atomic E-state index is -4.22. The first-order valence-electron chi connectivity index (χ1n) is 8.39. The van der Waals surface area contributed by atoms with Crippen LogP contribution < -0.4 is 4.18 Å². The van der Waals surface area contributed by atoms with E-state index in [0.29, 0.717) is 16.7 Å². The number of nitrogens with zero attached hydrogens (tertiary/aromatic N) is 2. The van der Waals surface area contributed by atoms with Crippen molar-refractivity contribution in [2.45, 2.75) is 11.8 Å². The van der Waals surface area contributed by atoms with E-state index >= 15 is 0 Å². The number of benzene rings is 3. The van der Waals surface area contributed by atoms with E-state index in [2.05, 4.69) is 4.98 Å². The highest BCUT2D eigenvalue weighted by atomic mass is 32.2. The molecule has 0 aliphatic carbocycles. The van der Waals surface area contributed by atoms with Gasteiger partial charge in [0, 0.05) is 0 Å². The smallest absolute Gasteiger partial charge is 0.340 e. The molecule has 0 N–H and O–H groups in total. The fourth-order valence-corrected chi connectivity index (χ4v) is 3.96. The summed E-state index contributed by atoms with van der Waals surface area (Å²) in [7, 11) is -4.22. The number of para-hydroxylation sites is 2. The van der Waals surface area contributed by atoms with Crippen molar-refractivity contribution in [3.63, 3.8) is 0 Å². The predicted octanol–water partition coefficient (Wildman–Crippen LogP) is 4.44. The molecular weight excluding hydrogens is 376 g/mol. The molecule has 0 fully saturated rings. The molecule has 0 bridgehead atoms. The zero-order valence-corrected chi connectivity index (χ0v) is 15.6. The van der Waals surface area contributed by atoms with Crippen LogP contribution in [0.15, 0.2) is 76.0 Å². The Kier molecular flexibility index (Phi) is 4.34. The molecule has 0 atom stereocenters. The van der Waals surface area contributed by atoms with Gasteiger partial charge in [-0.05, 0) is 42.8 Å². The maximum Gasteiger partial charge on any atom is 0.340 e. The van der Waals surface area contributed by atoms with Crippen molar-refractivity contribution in [3.05, 3.63) is 77.9 Å². The number of hydrogen-bond donors (Lipinski definition) is 0. The van der Waals surface area contributed by atoms with E-state index in [1.807, 2.05) is 25.1 Å². The van der Waals surface area contributed by atoms with Gasteiger partial charge in [0.25, 0.3) is 0 Å². The molecule has 0 saturated carbocycles. The average molecular weight is 390 g/mol. The van der Waals surface area contributed by atoms with E-state index in [-0.39, 0.29) is 22.1 Å². The van der Waals surface area contributed by atoms with Crippen molar-refractivity contribution in [1.29, 1.82) is 5.26 Å². The van der Waals surface area contributed by atoms with E-state index in [0.717, 1.165) is 5.56 Å². The maximum absolute atomic E-state index is 12.8. The molecule has 7 heteroatoms. The van der Waals surface area contributed by atoms with Crippen LogP contribution in [0.25, 0.3) is 22.6 Å². The summed E-state index contributed by atoms with van der Waals surface area (Å²) in [6.07, 6.45) is 0. The SMILES string of the molecule is Cc1cccc2oc(-c3ccccc3OS(=O)(=O)c3ccccc3C#N)nc12. The molecule has 4 rings (SSSR count). The van der Waals surface area contributed by atoms with E-state index in [1.54, 1.807) is 30.3 Å². The fourth-order valence-electron chi connectivity index (χ4n) is 2.86. The van der Waals surface area contributed by atoms with Crippen LogP contribution in [-0.2, 0) is 10.1 Å². The Labute approximate surface area is 161 Å². The normalized spacial score (nSPS) is 11.3. The lowest BCUT2D eigenvalue weighted by Gasteiger charge is -2.10. The van der Waals surface area contributed by atoms with E-state index in [4.69, 9.17) is 8.60 Å². The quantitative estimate of drug-likeness (QED) is 0.478. The monoisotopic (exact) mass is 390 g/mol. The standard InChI is InChI=1S/C21H14N2O4S/c1-14-7-6-11-18-20(14)23-21(26-18)16-9-3-4-10-17(16)27-28(24,25)19-12-5-2-8-15(19)13-22/h2-12H,1H3. The predicted molar refractivity (Wildman–Crippen MR) is 103 cm³/mol. The van der Waals surface area contributed by atoms with Crippen molar-refractivity contribution in [2.75, 3.05) is 0 Å². The minimum absolute atomic E-state index is 0.0115. The molecule has 1 aromatic heterocycles. The number of hydrogen-bond acceptors (Lipinski definition) is 6. The topological polar surface area (TPSA) is 93.2 Å². The largest absolute Gasteiger partial charge is 0.436 e. The van der Waals surface area contributed by atoms with Gasteiger partial charge >= 0.3 is 10.1 Å². The molecule has 0 aliphatic heterocycles. The molecule has 1 heterocycles. The van der Waals surface area contributed by atoms with Crippen LogP contribution in [0.3, 0.4) is 0 Å². The molecule has 6 nitrogen and oxygen atoms in total. The minimum Gasteiger partial charge on any atom is -0.436 e. The Hall–Kier alpha value is -3.63. The number of rotatable bonds is 4. The molecule has 0 aliphatic rings. The summed E-state index contributed by atoms with van der Waals surface area (Å²) in [6, 6.07) is 19.9. The Balaban J connectivity index is 1.80. The van der Waals surface area contributed by atoms with Crippen molar-refractivity contribution in [3.8, 4) is 23.3 Å². The summed E-state index contributed by atoms with van der Waals surface area (Å²) in [4.78, 5) is 4.29. The van der Waals surface area contributed by atoms with E-state index < -0.39 is 10.1 Å². The summed E-state index contributed by atoms with van der Waals surface area (Å²) in [5, 5.41) is 9.19. The summed E-state index contributed by atoms with van der Waals surface area (Å²) >= 11 is 0. The first-order valence-corrected chi connectivity index (χ1v) is 9.79. The number of nitriles is 1. The van der Waals surface area contributed by atoms with Crippen molar-refractivity contribution >= 4 is 21.2 Å². The summed E-state index contributed by atoms with van der Waals surface area (Å²) < 4.78 is 36.7. The lowest BCUT2D eigenvalue weighted by Crippen LogP contribution is -2.12. The fraction of sp³-hybridized carbons (Fsp3) is 0.0476. The first kappa shape index (κ1) is 17.8. The van der Waals surface area contributed by atoms with Crippen LogP contribution in [0.1, 0.15) is 11.1 Å². The molecule has 0 saturated heterocycles.